The van der Waals surface area contributed by atoms with Crippen LogP contribution in [0.3, 0.4) is 0 Å². The normalized spacial score (nSPS) is 16.4. The van der Waals surface area contributed by atoms with Crippen LogP contribution in [0, 0.1) is 0 Å². The van der Waals surface area contributed by atoms with Gasteiger partial charge in [0.05, 0.1) is 18.4 Å². The van der Waals surface area contributed by atoms with Crippen LogP contribution in [-0.2, 0) is 12.5 Å². The minimum Gasteiger partial charge on any atom is -0.450 e. The topological polar surface area (TPSA) is 115 Å². The molecule has 0 bridgehead atoms. The highest BCUT2D eigenvalue weighted by atomic mass is 35.5. The number of rotatable bonds is 6. The third-order valence-electron chi connectivity index (χ3n) is 7.12. The van der Waals surface area contributed by atoms with Crippen LogP contribution in [-0.4, -0.2) is 71.0 Å². The molecular formula is C26H32ClN11O. The van der Waals surface area contributed by atoms with Crippen LogP contribution < -0.4 is 15.4 Å². The molecule has 0 radical (unpaired) electrons. The molecule has 13 heteroatoms. The molecule has 0 unspecified atom stereocenters. The molecule has 1 saturated heterocycles. The van der Waals surface area contributed by atoms with Crippen molar-refractivity contribution in [2.24, 2.45) is 7.05 Å². The van der Waals surface area contributed by atoms with E-state index in [1.807, 2.05) is 11.6 Å². The molecule has 204 valence electrons. The smallest absolute Gasteiger partial charge is 0.210 e. The lowest BCUT2D eigenvalue weighted by atomic mass is 9.91. The molecule has 39 heavy (non-hydrogen) atoms. The molecule has 5 aromatic rings. The van der Waals surface area contributed by atoms with Crippen molar-refractivity contribution in [2.75, 3.05) is 37.8 Å². The number of likely N-dealkylation sites (tertiary alicyclic amines) is 1. The van der Waals surface area contributed by atoms with Crippen LogP contribution in [0.2, 0.25) is 5.02 Å². The first-order valence-electron chi connectivity index (χ1n) is 12.9. The second kappa shape index (κ2) is 9.38. The van der Waals surface area contributed by atoms with Gasteiger partial charge in [0.1, 0.15) is 10.5 Å². The third-order valence-corrected chi connectivity index (χ3v) is 7.48. The molecule has 0 spiro atoms. The molecule has 1 aliphatic heterocycles. The second-order valence-electron chi connectivity index (χ2n) is 11.0. The average molecular weight is 550 g/mol. The highest BCUT2D eigenvalue weighted by molar-refractivity contribution is 6.36. The van der Waals surface area contributed by atoms with Crippen LogP contribution >= 0.6 is 11.6 Å². The molecule has 1 aliphatic rings. The Balaban J connectivity index is 1.34. The zero-order valence-corrected chi connectivity index (χ0v) is 23.7. The average Bonchev–Trinajstić information content (AvgIpc) is 3.67. The van der Waals surface area contributed by atoms with Gasteiger partial charge in [-0.25, -0.2) is 14.5 Å². The van der Waals surface area contributed by atoms with E-state index < -0.39 is 0 Å². The molecule has 2 N–H and O–H groups in total. The van der Waals surface area contributed by atoms with Gasteiger partial charge < -0.3 is 24.8 Å². The highest BCUT2D eigenvalue weighted by Gasteiger charge is 2.29. The Morgan fingerprint density at radius 3 is 2.64 bits per heavy atom. The van der Waals surface area contributed by atoms with Crippen LogP contribution in [0.4, 0.5) is 17.6 Å². The first kappa shape index (κ1) is 25.4. The minimum atomic E-state index is -0.0572. The Bertz CT molecular complexity index is 1680. The highest BCUT2D eigenvalue weighted by Crippen LogP contribution is 2.38. The van der Waals surface area contributed by atoms with E-state index in [-0.39, 0.29) is 5.41 Å². The Hall–Kier alpha value is -3.90. The summed E-state index contributed by atoms with van der Waals surface area (Å²) in [4.78, 5) is 15.9. The number of halogens is 1. The number of nitrogens with zero attached hydrogens (tertiary/aromatic N) is 9. The number of aryl methyl sites for hydroxylation is 1. The Labute approximate surface area is 231 Å². The number of ether oxygens (including phenoxy) is 1. The van der Waals surface area contributed by atoms with E-state index in [0.717, 1.165) is 25.3 Å². The van der Waals surface area contributed by atoms with Gasteiger partial charge in [0, 0.05) is 50.2 Å². The molecule has 0 saturated carbocycles. The first-order chi connectivity index (χ1) is 18.6. The fourth-order valence-electron chi connectivity index (χ4n) is 5.11. The molecule has 1 fully saturated rings. The Morgan fingerprint density at radius 2 is 1.92 bits per heavy atom. The summed E-state index contributed by atoms with van der Waals surface area (Å²) < 4.78 is 11.9. The predicted molar refractivity (Wildman–Crippen MR) is 151 cm³/mol. The lowest BCUT2D eigenvalue weighted by molar-refractivity contribution is 0.366. The van der Waals surface area contributed by atoms with Crippen molar-refractivity contribution >= 4 is 45.9 Å². The third kappa shape index (κ3) is 4.43. The van der Waals surface area contributed by atoms with Crippen molar-refractivity contribution < 1.29 is 4.74 Å². The fraction of sp³-hybridized carbons (Fsp3) is 0.423. The van der Waals surface area contributed by atoms with Crippen molar-refractivity contribution in [1.82, 2.24) is 43.8 Å². The lowest BCUT2D eigenvalue weighted by Gasteiger charge is -2.23. The summed E-state index contributed by atoms with van der Waals surface area (Å²) in [5, 5.41) is 16.2. The molecule has 6 rings (SSSR count). The Morgan fingerprint density at radius 1 is 1.10 bits per heavy atom. The zero-order valence-electron chi connectivity index (χ0n) is 22.9. The predicted octanol–water partition coefficient (Wildman–Crippen LogP) is 4.61. The zero-order chi connectivity index (χ0) is 27.5. The summed E-state index contributed by atoms with van der Waals surface area (Å²) in [5.41, 5.74) is 2.97. The van der Waals surface area contributed by atoms with E-state index in [1.165, 1.54) is 5.69 Å². The molecule has 0 amide bonds. The van der Waals surface area contributed by atoms with Crippen molar-refractivity contribution in [2.45, 2.75) is 38.6 Å². The van der Waals surface area contributed by atoms with Gasteiger partial charge in [-0.3, -0.25) is 4.68 Å². The van der Waals surface area contributed by atoms with Gasteiger partial charge in [0.25, 0.3) is 0 Å². The van der Waals surface area contributed by atoms with Crippen molar-refractivity contribution in [1.29, 1.82) is 0 Å². The molecule has 1 atom stereocenters. The number of likely N-dealkylation sites (N-methyl/N-ethyl adjacent to an activating group) is 1. The summed E-state index contributed by atoms with van der Waals surface area (Å²) in [6.45, 7) is 8.68. The SMILES string of the molecule is CNc1nccn2ncc(Oc3cnc4nc(Nc5cc(C(C)(C)C)n([C@H]6CCN(C)C6)n5)n(C)c4c3Cl)c12. The van der Waals surface area contributed by atoms with Gasteiger partial charge in [-0.1, -0.05) is 32.4 Å². The Kier molecular flexibility index (Phi) is 6.11. The van der Waals surface area contributed by atoms with Crippen LogP contribution in [0.5, 0.6) is 11.5 Å². The maximum absolute atomic E-state index is 6.86. The molecule has 0 aromatic carbocycles. The van der Waals surface area contributed by atoms with Crippen molar-refractivity contribution in [3.63, 3.8) is 0 Å². The number of hydrogen-bond acceptors (Lipinski definition) is 9. The van der Waals surface area contributed by atoms with Gasteiger partial charge in [-0.2, -0.15) is 15.2 Å². The van der Waals surface area contributed by atoms with E-state index in [0.29, 0.717) is 51.0 Å². The number of nitrogens with one attached hydrogen (secondary N) is 2. The summed E-state index contributed by atoms with van der Waals surface area (Å²) >= 11 is 6.86. The van der Waals surface area contributed by atoms with E-state index in [9.17, 15) is 0 Å². The molecule has 6 heterocycles. The van der Waals surface area contributed by atoms with Gasteiger partial charge in [-0.05, 0) is 20.0 Å². The van der Waals surface area contributed by atoms with Gasteiger partial charge >= 0.3 is 0 Å². The summed E-state index contributed by atoms with van der Waals surface area (Å²) in [7, 11) is 5.84. The number of fused-ring (bicyclic) bond motifs is 2. The maximum atomic E-state index is 6.86. The van der Waals surface area contributed by atoms with E-state index >= 15 is 0 Å². The van der Waals surface area contributed by atoms with Gasteiger partial charge in [0.15, 0.2) is 34.3 Å². The maximum Gasteiger partial charge on any atom is 0.210 e. The largest absolute Gasteiger partial charge is 0.450 e. The van der Waals surface area contributed by atoms with Crippen LogP contribution in [0.25, 0.3) is 16.7 Å². The lowest BCUT2D eigenvalue weighted by Crippen LogP contribution is -2.24. The summed E-state index contributed by atoms with van der Waals surface area (Å²) in [6.07, 6.45) is 7.69. The molecule has 5 aromatic heterocycles. The van der Waals surface area contributed by atoms with Crippen molar-refractivity contribution in [3.8, 4) is 11.5 Å². The standard InChI is InChI=1S/C26H32ClN11O/c1-26(2,3)18-11-19(34-38(18)15-7-9-35(5)14-15)32-25-33-24-22(36(25)6)20(27)16(12-30-24)39-17-13-31-37-10-8-29-23(28-4)21(17)37/h8,10-13,15H,7,9,14H2,1-6H3,(H,28,29)(H,30,32,33,34)/t15-/m0/s1. The number of pyridine rings is 1. The molecule has 12 nitrogen and oxygen atoms in total. The van der Waals surface area contributed by atoms with E-state index in [1.54, 1.807) is 36.4 Å². The summed E-state index contributed by atoms with van der Waals surface area (Å²) in [6, 6.07) is 2.45. The molecule has 0 aliphatic carbocycles. The monoisotopic (exact) mass is 549 g/mol. The number of imidazole rings is 1. The van der Waals surface area contributed by atoms with Gasteiger partial charge in [-0.15, -0.1) is 0 Å². The van der Waals surface area contributed by atoms with Crippen LogP contribution in [0.1, 0.15) is 38.9 Å². The van der Waals surface area contributed by atoms with E-state index in [4.69, 9.17) is 26.4 Å². The number of anilines is 3. The van der Waals surface area contributed by atoms with E-state index in [2.05, 4.69) is 69.2 Å². The minimum absolute atomic E-state index is 0.0572. The van der Waals surface area contributed by atoms with Crippen LogP contribution in [0.15, 0.2) is 30.9 Å². The summed E-state index contributed by atoms with van der Waals surface area (Å²) in [5.74, 6) is 2.86. The van der Waals surface area contributed by atoms with Crippen molar-refractivity contribution in [3.05, 3.63) is 41.6 Å². The quantitative estimate of drug-likeness (QED) is 0.313. The fourth-order valence-corrected chi connectivity index (χ4v) is 5.41. The number of aromatic nitrogens is 8. The number of hydrogen-bond donors (Lipinski definition) is 2. The first-order valence-corrected chi connectivity index (χ1v) is 13.3. The second-order valence-corrected chi connectivity index (χ2v) is 11.4. The van der Waals surface area contributed by atoms with Gasteiger partial charge in [0.2, 0.25) is 5.95 Å². The molecular weight excluding hydrogens is 518 g/mol.